The number of Topliss-reactive ketones (excluding diaryl/α,β-unsaturated/α-hetero) is 3. The maximum atomic E-state index is 13.6. The topological polar surface area (TPSA) is 265 Å². The first kappa shape index (κ1) is 107. The first-order valence-electron chi connectivity index (χ1n) is 47.5. The predicted molar refractivity (Wildman–Crippen MR) is 514 cm³/mol. The van der Waals surface area contributed by atoms with E-state index in [9.17, 15) is 99.8 Å². The average Bonchev–Trinajstić information content (AvgIpc) is 1.62. The van der Waals surface area contributed by atoms with Crippen molar-refractivity contribution in [1.82, 2.24) is 57.9 Å². The van der Waals surface area contributed by atoms with Gasteiger partial charge in [0.1, 0.15) is 22.9 Å². The zero-order valence-corrected chi connectivity index (χ0v) is 83.2. The van der Waals surface area contributed by atoms with Crippen LogP contribution in [0.4, 0.5) is 52.7 Å². The van der Waals surface area contributed by atoms with Crippen LogP contribution in [0.3, 0.4) is 0 Å². The van der Waals surface area contributed by atoms with Crippen molar-refractivity contribution < 1.29 is 122 Å². The molecule has 776 valence electrons. The summed E-state index contributed by atoms with van der Waals surface area (Å²) in [5.41, 5.74) is 4.36. The normalized spacial score (nSPS) is 18.3. The smallest absolute Gasteiger partial charge is 0.456 e. The molecule has 5 aromatic carbocycles. The van der Waals surface area contributed by atoms with Crippen LogP contribution in [0, 0.1) is 0 Å². The van der Waals surface area contributed by atoms with Gasteiger partial charge >= 0.3 is 24.7 Å². The second-order valence-electron chi connectivity index (χ2n) is 38.9. The number of sulfone groups is 1. The van der Waals surface area contributed by atoms with Gasteiger partial charge in [0, 0.05) is 170 Å². The zero-order valence-electron chi connectivity index (χ0n) is 81.7. The Hall–Kier alpha value is -11.3. The van der Waals surface area contributed by atoms with E-state index in [0.29, 0.717) is 178 Å². The van der Waals surface area contributed by atoms with E-state index in [2.05, 4.69) is 32.8 Å². The first-order valence-corrected chi connectivity index (χ1v) is 49.4. The van der Waals surface area contributed by atoms with E-state index in [1.54, 1.807) is 97.2 Å². The molecule has 9 aromatic rings. The highest BCUT2D eigenvalue weighted by Gasteiger charge is 2.54. The molecule has 0 aliphatic carbocycles. The summed E-state index contributed by atoms with van der Waals surface area (Å²) in [5.74, 6) is -2.72. The Bertz CT molecular complexity index is 6330. The molecule has 26 nitrogen and oxygen atoms in total. The summed E-state index contributed by atoms with van der Waals surface area (Å²) >= 11 is 6.36. The minimum Gasteiger partial charge on any atom is -0.496 e. The maximum absolute atomic E-state index is 13.6. The van der Waals surface area contributed by atoms with Crippen LogP contribution in [0.15, 0.2) is 157 Å². The summed E-state index contributed by atoms with van der Waals surface area (Å²) in [7, 11) is 5.47. The highest BCUT2D eigenvalue weighted by molar-refractivity contribution is 7.92. The van der Waals surface area contributed by atoms with Crippen LogP contribution < -0.4 is 19.5 Å². The molecule has 8 aliphatic heterocycles. The van der Waals surface area contributed by atoms with Gasteiger partial charge < -0.3 is 61.9 Å². The van der Waals surface area contributed by atoms with E-state index >= 15 is 0 Å². The Labute approximate surface area is 829 Å². The molecule has 143 heavy (non-hydrogen) atoms. The lowest BCUT2D eigenvalue weighted by Crippen LogP contribution is -2.63. The highest BCUT2D eigenvalue weighted by atomic mass is 35.5. The molecular weight excluding hydrogens is 1920 g/mol. The lowest BCUT2D eigenvalue weighted by Gasteiger charge is -2.51. The van der Waals surface area contributed by atoms with Crippen LogP contribution in [-0.2, 0) is 82.3 Å². The number of fused-ring (bicyclic) bond motifs is 8. The van der Waals surface area contributed by atoms with E-state index in [1.807, 2.05) is 94.1 Å². The quantitative estimate of drug-likeness (QED) is 0.0433. The van der Waals surface area contributed by atoms with Gasteiger partial charge in [-0.05, 0) is 235 Å². The zero-order chi connectivity index (χ0) is 104. The summed E-state index contributed by atoms with van der Waals surface area (Å²) in [6.07, 6.45) is -15.3. The minimum atomic E-state index is -4.96. The molecule has 2 N–H and O–H groups in total. The monoisotopic (exact) mass is 2050 g/mol. The van der Waals surface area contributed by atoms with E-state index in [1.165, 1.54) is 69.0 Å². The predicted octanol–water partition coefficient (Wildman–Crippen LogP) is 18.2. The fraction of sp³-hybridized carbons (Fsp3) is 0.485. The van der Waals surface area contributed by atoms with Crippen LogP contribution in [0.5, 0.6) is 17.2 Å². The van der Waals surface area contributed by atoms with Crippen molar-refractivity contribution >= 4 is 62.4 Å². The van der Waals surface area contributed by atoms with Crippen molar-refractivity contribution in [1.29, 1.82) is 0 Å². The second kappa shape index (κ2) is 42.0. The summed E-state index contributed by atoms with van der Waals surface area (Å²) in [6, 6.07) is 41.8. The molecule has 0 atom stereocenters. The SMILES string of the molecule is CC(=O)c1ccc2n1CCN(C)C21CCN(C(=O)c2ccc(OC(C)C)c(CO)c2)CC1.CC(C)S(=O)(=O)c1ccc(C(=O)N2CCC3(CC2)NC(C)(C)Cn2c(C(=O)C(F)(F)F)ccc23)cc1.COc1cc(C(=O)N2CCC3(CC2)c2c(Cl)cc(C(F)(F)F)n2CCN3C)ccc1COCCC(F)(F)F.COc1cc(C(=O)N2CCC3(CC2)c2ccc(C(=O)C(F)(F)F)n2CCN3C)ccc1-c1ccccc1.[HH].[HH]. The number of hydrogen-bond acceptors (Lipinski definition) is 18. The number of amides is 4. The number of aliphatic hydroxyl groups excluding tert-OH is 1. The van der Waals surface area contributed by atoms with Crippen molar-refractivity contribution in [3.63, 3.8) is 0 Å². The van der Waals surface area contributed by atoms with Crippen molar-refractivity contribution in [3.8, 4) is 28.4 Å². The number of piperidine rings is 4. The van der Waals surface area contributed by atoms with Gasteiger partial charge in [-0.2, -0.15) is 52.7 Å². The number of nitrogens with zero attached hydrogens (tertiary/aromatic N) is 11. The number of benzene rings is 5. The number of alkyl halides is 12. The molecule has 4 spiro atoms. The number of methoxy groups -OCH3 is 2. The van der Waals surface area contributed by atoms with Crippen molar-refractivity contribution in [2.75, 3.05) is 114 Å². The number of carbonyl (C=O) groups is 7. The third-order valence-electron chi connectivity index (χ3n) is 29.1. The first-order chi connectivity index (χ1) is 67.3. The minimum absolute atomic E-state index is 0. The van der Waals surface area contributed by atoms with Crippen LogP contribution in [-0.4, -0.2) is 256 Å². The van der Waals surface area contributed by atoms with Crippen LogP contribution >= 0.6 is 11.6 Å². The summed E-state index contributed by atoms with van der Waals surface area (Å²) in [6.45, 7) is 18.5. The van der Waals surface area contributed by atoms with Crippen LogP contribution in [0.2, 0.25) is 5.02 Å². The third-order valence-corrected chi connectivity index (χ3v) is 31.6. The van der Waals surface area contributed by atoms with Gasteiger partial charge in [0.05, 0.1) is 107 Å². The largest absolute Gasteiger partial charge is 0.496 e. The third kappa shape index (κ3) is 22.1. The number of nitrogens with one attached hydrogen (secondary N) is 1. The van der Waals surface area contributed by atoms with Gasteiger partial charge in [-0.3, -0.25) is 53.6 Å². The lowest BCUT2D eigenvalue weighted by molar-refractivity contribution is -0.146. The molecular formula is C103H123ClF12N12O14S. The van der Waals surface area contributed by atoms with Crippen LogP contribution in [0.25, 0.3) is 11.1 Å². The molecule has 4 aromatic heterocycles. The van der Waals surface area contributed by atoms with Crippen molar-refractivity contribution in [2.24, 2.45) is 0 Å². The number of likely N-dealkylation sites (N-methyl/N-ethyl adjacent to an activating group) is 3. The Morgan fingerprint density at radius 1 is 0.476 bits per heavy atom. The fourth-order valence-corrected chi connectivity index (χ4v) is 22.9. The van der Waals surface area contributed by atoms with E-state index in [0.717, 1.165) is 48.8 Å². The Balaban J connectivity index is 0.000000172. The summed E-state index contributed by atoms with van der Waals surface area (Å²) < 4.78 is 210. The van der Waals surface area contributed by atoms with Gasteiger partial charge in [-0.1, -0.05) is 48.0 Å². The number of ether oxygens (including phenoxy) is 4. The molecule has 0 unspecified atom stereocenters. The van der Waals surface area contributed by atoms with Gasteiger partial charge in [0.15, 0.2) is 15.6 Å². The number of carbonyl (C=O) groups excluding carboxylic acids is 7. The highest BCUT2D eigenvalue weighted by Crippen LogP contribution is 2.51. The molecule has 0 radical (unpaired) electrons. The molecule has 12 heterocycles. The molecule has 8 aliphatic rings. The number of aromatic nitrogens is 4. The standard InChI is InChI=1S/C28H28F3N3O3.C25H28ClF6N3O3.C25H30F3N3O4S.C25H33N3O4.2H2/c1-32-16-17-34-22(25(35)28(29,30)31)10-11-24(34)27(32)12-14-33(15-13-27)26(36)20-8-9-21(23(18-20)37-2)19-6-4-3-5-7-19;1-33-10-11-35-20(25(30,31)32)14-18(26)21(35)23(33)5-8-34(9-6-23)22(36)16-3-4-17(19(13-16)37-2)15-38-12-7-24(27,28)29;1-16(2)36(34,35)18-7-5-17(6-8-18)22(33)30-13-11-24(12-14-30)20-10-9-19(21(32)25(26,27)28)31(20)15-23(3,4)29-24;1-17(2)32-22-7-5-19(15-20(22)16-29)24(31)27-11-9-25(10-12-27)23-8-6-21(18(3)30)28(23)14-13-26(25)4;;/h3-11,18H,12-17H2,1-2H3;3-4,13-14H,5-12,15H2,1-2H3;5-10,16,29H,11-15H2,1-4H3;5-8,15,17,29H,9-14,16H2,1-4H3;2*1H. The molecule has 0 bridgehead atoms. The van der Waals surface area contributed by atoms with E-state index < -0.39 is 92.2 Å². The van der Waals surface area contributed by atoms with Gasteiger partial charge in [0.25, 0.3) is 35.2 Å². The summed E-state index contributed by atoms with van der Waals surface area (Å²) in [5, 5.41) is 12.8. The van der Waals surface area contributed by atoms with Gasteiger partial charge in [0.2, 0.25) is 0 Å². The summed E-state index contributed by atoms with van der Waals surface area (Å²) in [4.78, 5) is 103. The molecule has 40 heteroatoms. The van der Waals surface area contributed by atoms with E-state index in [-0.39, 0.29) is 91.5 Å². The van der Waals surface area contributed by atoms with E-state index in [4.69, 9.17) is 30.5 Å². The number of rotatable bonds is 19. The molecule has 0 saturated carbocycles. The molecule has 4 amide bonds. The number of ketones is 3. The maximum Gasteiger partial charge on any atom is 0.456 e. The fourth-order valence-electron chi connectivity index (χ4n) is 21.5. The Morgan fingerprint density at radius 2 is 0.909 bits per heavy atom. The average molecular weight is 2050 g/mol. The number of hydrogen-bond donors (Lipinski definition) is 2. The van der Waals surface area contributed by atoms with Crippen molar-refractivity contribution in [3.05, 3.63) is 236 Å². The lowest BCUT2D eigenvalue weighted by atomic mass is 9.79. The molecule has 17 rings (SSSR count). The second-order valence-corrected chi connectivity index (χ2v) is 41.8. The molecule has 4 saturated heterocycles. The van der Waals surface area contributed by atoms with Crippen molar-refractivity contribution in [2.45, 2.75) is 214 Å². The number of aliphatic hydroxyl groups is 1. The Morgan fingerprint density at radius 3 is 1.38 bits per heavy atom. The van der Waals surface area contributed by atoms with Gasteiger partial charge in [-0.15, -0.1) is 0 Å². The Kier molecular flexibility index (Phi) is 31.6. The number of halogens is 13. The van der Waals surface area contributed by atoms with Crippen LogP contribution in [0.1, 0.15) is 222 Å². The number of likely N-dealkylation sites (tertiary alicyclic amines) is 4. The molecule has 4 fully saturated rings. The van der Waals surface area contributed by atoms with Gasteiger partial charge in [-0.25, -0.2) is 8.42 Å².